The second-order valence-corrected chi connectivity index (χ2v) is 5.27. The van der Waals surface area contributed by atoms with Crippen molar-refractivity contribution >= 4 is 17.8 Å². The molecule has 19 heavy (non-hydrogen) atoms. The van der Waals surface area contributed by atoms with E-state index in [0.717, 1.165) is 25.0 Å². The summed E-state index contributed by atoms with van der Waals surface area (Å²) < 4.78 is 0. The standard InChI is InChI=1S/C13H24N6/c1-5-10-7-6-8-19(9-10)13-16-11(14-2)15-12(17-13)18(3)4/h10H,5-9H2,1-4H3,(H,14,15,16,17). The van der Waals surface area contributed by atoms with Gasteiger partial charge in [-0.2, -0.15) is 15.0 Å². The molecule has 1 fully saturated rings. The first-order chi connectivity index (χ1) is 9.13. The zero-order chi connectivity index (χ0) is 13.8. The maximum Gasteiger partial charge on any atom is 0.231 e. The van der Waals surface area contributed by atoms with Crippen LogP contribution in [-0.2, 0) is 0 Å². The van der Waals surface area contributed by atoms with E-state index in [0.29, 0.717) is 11.9 Å². The lowest BCUT2D eigenvalue weighted by Crippen LogP contribution is -2.36. The average Bonchev–Trinajstić information content (AvgIpc) is 2.46. The van der Waals surface area contributed by atoms with Crippen LogP contribution in [0.15, 0.2) is 0 Å². The van der Waals surface area contributed by atoms with Gasteiger partial charge in [0.2, 0.25) is 17.8 Å². The molecule has 0 saturated carbocycles. The number of rotatable bonds is 4. The molecular formula is C13H24N6. The molecule has 2 heterocycles. The summed E-state index contributed by atoms with van der Waals surface area (Å²) in [5.41, 5.74) is 0. The third-order valence-corrected chi connectivity index (χ3v) is 3.61. The van der Waals surface area contributed by atoms with Gasteiger partial charge in [-0.05, 0) is 18.8 Å². The van der Waals surface area contributed by atoms with Gasteiger partial charge in [0.25, 0.3) is 0 Å². The zero-order valence-corrected chi connectivity index (χ0v) is 12.3. The van der Waals surface area contributed by atoms with Gasteiger partial charge in [0.15, 0.2) is 0 Å². The number of hydrogen-bond acceptors (Lipinski definition) is 6. The van der Waals surface area contributed by atoms with Gasteiger partial charge in [0, 0.05) is 34.2 Å². The van der Waals surface area contributed by atoms with Crippen molar-refractivity contribution < 1.29 is 0 Å². The highest BCUT2D eigenvalue weighted by atomic mass is 15.3. The Balaban J connectivity index is 2.25. The highest BCUT2D eigenvalue weighted by molar-refractivity contribution is 5.44. The van der Waals surface area contributed by atoms with E-state index >= 15 is 0 Å². The van der Waals surface area contributed by atoms with Crippen LogP contribution in [0.5, 0.6) is 0 Å². The second kappa shape index (κ2) is 6.04. The Hall–Kier alpha value is -1.59. The SMILES string of the molecule is CCC1CCCN(c2nc(NC)nc(N(C)C)n2)C1. The van der Waals surface area contributed by atoms with Gasteiger partial charge in [0.1, 0.15) is 0 Å². The van der Waals surface area contributed by atoms with Crippen LogP contribution in [0.25, 0.3) is 0 Å². The highest BCUT2D eigenvalue weighted by Crippen LogP contribution is 2.23. The minimum Gasteiger partial charge on any atom is -0.357 e. The fourth-order valence-corrected chi connectivity index (χ4v) is 2.39. The minimum absolute atomic E-state index is 0.632. The maximum atomic E-state index is 4.56. The molecular weight excluding hydrogens is 240 g/mol. The molecule has 1 aromatic heterocycles. The molecule has 1 unspecified atom stereocenters. The fourth-order valence-electron chi connectivity index (χ4n) is 2.39. The van der Waals surface area contributed by atoms with E-state index in [1.54, 1.807) is 0 Å². The van der Waals surface area contributed by atoms with Crippen molar-refractivity contribution in [3.63, 3.8) is 0 Å². The predicted molar refractivity (Wildman–Crippen MR) is 78.9 cm³/mol. The summed E-state index contributed by atoms with van der Waals surface area (Å²) in [6.07, 6.45) is 3.76. The Morgan fingerprint density at radius 2 is 2.11 bits per heavy atom. The molecule has 1 N–H and O–H groups in total. The predicted octanol–water partition coefficient (Wildman–Crippen LogP) is 1.61. The van der Waals surface area contributed by atoms with E-state index in [-0.39, 0.29) is 0 Å². The van der Waals surface area contributed by atoms with E-state index in [1.165, 1.54) is 19.3 Å². The van der Waals surface area contributed by atoms with Crippen LogP contribution < -0.4 is 15.1 Å². The van der Waals surface area contributed by atoms with Gasteiger partial charge < -0.3 is 15.1 Å². The third-order valence-electron chi connectivity index (χ3n) is 3.61. The molecule has 6 heteroatoms. The maximum absolute atomic E-state index is 4.56. The number of nitrogens with zero attached hydrogens (tertiary/aromatic N) is 5. The second-order valence-electron chi connectivity index (χ2n) is 5.27. The Labute approximate surface area is 115 Å². The van der Waals surface area contributed by atoms with Crippen LogP contribution in [0.2, 0.25) is 0 Å². The average molecular weight is 264 g/mol. The Bertz CT molecular complexity index is 420. The van der Waals surface area contributed by atoms with E-state index in [2.05, 4.69) is 32.1 Å². The van der Waals surface area contributed by atoms with Crippen molar-refractivity contribution in [1.29, 1.82) is 0 Å². The monoisotopic (exact) mass is 264 g/mol. The summed E-state index contributed by atoms with van der Waals surface area (Å²) in [6, 6.07) is 0. The van der Waals surface area contributed by atoms with Crippen LogP contribution in [0, 0.1) is 5.92 Å². The number of piperidine rings is 1. The molecule has 0 radical (unpaired) electrons. The molecule has 2 rings (SSSR count). The molecule has 0 amide bonds. The van der Waals surface area contributed by atoms with Crippen LogP contribution in [0.1, 0.15) is 26.2 Å². The van der Waals surface area contributed by atoms with Gasteiger partial charge in [-0.25, -0.2) is 0 Å². The summed E-state index contributed by atoms with van der Waals surface area (Å²) in [7, 11) is 5.73. The minimum atomic E-state index is 0.632. The fraction of sp³-hybridized carbons (Fsp3) is 0.769. The normalized spacial score (nSPS) is 19.4. The first kappa shape index (κ1) is 13.8. The molecule has 1 atom stereocenters. The van der Waals surface area contributed by atoms with Gasteiger partial charge in [0.05, 0.1) is 0 Å². The highest BCUT2D eigenvalue weighted by Gasteiger charge is 2.21. The topological polar surface area (TPSA) is 57.2 Å². The molecule has 1 saturated heterocycles. The largest absolute Gasteiger partial charge is 0.357 e. The van der Waals surface area contributed by atoms with Crippen LogP contribution in [0.3, 0.4) is 0 Å². The van der Waals surface area contributed by atoms with E-state index < -0.39 is 0 Å². The lowest BCUT2D eigenvalue weighted by molar-refractivity contribution is 0.401. The lowest BCUT2D eigenvalue weighted by atomic mass is 9.96. The molecule has 6 nitrogen and oxygen atoms in total. The Kier molecular flexibility index (Phi) is 4.39. The lowest BCUT2D eigenvalue weighted by Gasteiger charge is -2.32. The molecule has 106 valence electrons. The number of anilines is 3. The number of aromatic nitrogens is 3. The molecule has 1 aliphatic heterocycles. The van der Waals surface area contributed by atoms with E-state index in [1.807, 2.05) is 26.0 Å². The molecule has 0 bridgehead atoms. The summed E-state index contributed by atoms with van der Waals surface area (Å²) in [6.45, 7) is 4.35. The summed E-state index contributed by atoms with van der Waals surface area (Å²) >= 11 is 0. The number of nitrogens with one attached hydrogen (secondary N) is 1. The summed E-state index contributed by atoms with van der Waals surface area (Å²) in [5.74, 6) is 2.88. The van der Waals surface area contributed by atoms with Crippen molar-refractivity contribution in [2.24, 2.45) is 5.92 Å². The van der Waals surface area contributed by atoms with E-state index in [4.69, 9.17) is 0 Å². The van der Waals surface area contributed by atoms with Crippen molar-refractivity contribution in [3.8, 4) is 0 Å². The summed E-state index contributed by atoms with van der Waals surface area (Å²) in [5, 5.41) is 3.01. The van der Waals surface area contributed by atoms with Gasteiger partial charge in [-0.1, -0.05) is 13.3 Å². The van der Waals surface area contributed by atoms with Crippen LogP contribution in [-0.4, -0.2) is 49.2 Å². The van der Waals surface area contributed by atoms with Crippen molar-refractivity contribution in [1.82, 2.24) is 15.0 Å². The quantitative estimate of drug-likeness (QED) is 0.891. The van der Waals surface area contributed by atoms with Crippen LogP contribution >= 0.6 is 0 Å². The van der Waals surface area contributed by atoms with Crippen molar-refractivity contribution in [2.75, 3.05) is 49.3 Å². The van der Waals surface area contributed by atoms with Gasteiger partial charge in [-0.15, -0.1) is 0 Å². The van der Waals surface area contributed by atoms with Crippen LogP contribution in [0.4, 0.5) is 17.8 Å². The Morgan fingerprint density at radius 3 is 2.74 bits per heavy atom. The molecule has 0 aromatic carbocycles. The smallest absolute Gasteiger partial charge is 0.231 e. The van der Waals surface area contributed by atoms with Gasteiger partial charge >= 0.3 is 0 Å². The zero-order valence-electron chi connectivity index (χ0n) is 12.3. The van der Waals surface area contributed by atoms with Gasteiger partial charge in [-0.3, -0.25) is 0 Å². The molecule has 1 aliphatic rings. The first-order valence-electron chi connectivity index (χ1n) is 7.00. The first-order valence-corrected chi connectivity index (χ1v) is 7.00. The Morgan fingerprint density at radius 1 is 1.32 bits per heavy atom. The van der Waals surface area contributed by atoms with Crippen molar-refractivity contribution in [3.05, 3.63) is 0 Å². The van der Waals surface area contributed by atoms with E-state index in [9.17, 15) is 0 Å². The summed E-state index contributed by atoms with van der Waals surface area (Å²) in [4.78, 5) is 17.6. The third kappa shape index (κ3) is 3.24. The van der Waals surface area contributed by atoms with Crippen molar-refractivity contribution in [2.45, 2.75) is 26.2 Å². The number of hydrogen-bond donors (Lipinski definition) is 1. The molecule has 0 aliphatic carbocycles. The molecule has 1 aromatic rings. The molecule has 0 spiro atoms.